The van der Waals surface area contributed by atoms with Gasteiger partial charge in [0.25, 0.3) is 0 Å². The lowest BCUT2D eigenvalue weighted by Crippen LogP contribution is -2.55. The molecule has 0 unspecified atom stereocenters. The number of carbonyl (C=O) groups excluding carboxylic acids is 3. The summed E-state index contributed by atoms with van der Waals surface area (Å²) >= 11 is 6.19. The number of thiol groups is 1. The molecule has 18 heteroatoms. The maximum absolute atomic E-state index is 12.6. The van der Waals surface area contributed by atoms with Crippen molar-refractivity contribution in [1.82, 2.24) is 20.9 Å². The van der Waals surface area contributed by atoms with Crippen LogP contribution in [0, 0.1) is 0 Å². The molecule has 2 aliphatic heterocycles. The van der Waals surface area contributed by atoms with Gasteiger partial charge in [-0.1, -0.05) is 0 Å². The van der Waals surface area contributed by atoms with E-state index in [-0.39, 0.29) is 31.8 Å². The molecule has 0 aromatic rings. The van der Waals surface area contributed by atoms with Gasteiger partial charge in [-0.05, 0) is 12.2 Å². The van der Waals surface area contributed by atoms with Crippen molar-refractivity contribution in [3.8, 4) is 0 Å². The average molecular weight is 689 g/mol. The topological polar surface area (TPSA) is 252 Å². The first-order valence-electron chi connectivity index (χ1n) is 14.7. The van der Waals surface area contributed by atoms with E-state index in [1.54, 1.807) is 0 Å². The van der Waals surface area contributed by atoms with Gasteiger partial charge in [-0.15, -0.1) is 23.5 Å². The molecule has 2 fully saturated rings. The normalized spacial score (nSPS) is 32.3. The number of rotatable bonds is 18. The Kier molecular flexibility index (Phi) is 18.2. The Balaban J connectivity index is 1.85. The van der Waals surface area contributed by atoms with Gasteiger partial charge in [0.2, 0.25) is 17.7 Å². The van der Waals surface area contributed by atoms with Crippen LogP contribution in [-0.4, -0.2) is 179 Å². The zero-order valence-electron chi connectivity index (χ0n) is 24.5. The molecule has 2 heterocycles. The molecule has 0 saturated carbocycles. The number of carbonyl (C=O) groups is 3. The zero-order valence-corrected chi connectivity index (χ0v) is 27.0. The number of hydrogen-bond acceptors (Lipinski definition) is 15. The van der Waals surface area contributed by atoms with Gasteiger partial charge >= 0.3 is 0 Å². The van der Waals surface area contributed by atoms with Gasteiger partial charge in [-0.3, -0.25) is 19.3 Å². The van der Waals surface area contributed by atoms with Crippen LogP contribution in [-0.2, 0) is 14.4 Å². The van der Waals surface area contributed by atoms with Crippen LogP contribution in [0.5, 0.6) is 0 Å². The predicted molar refractivity (Wildman–Crippen MR) is 168 cm³/mol. The molecule has 11 N–H and O–H groups in total. The van der Waals surface area contributed by atoms with Crippen molar-refractivity contribution in [2.24, 2.45) is 0 Å². The summed E-state index contributed by atoms with van der Waals surface area (Å²) in [5.41, 5.74) is 0. The summed E-state index contributed by atoms with van der Waals surface area (Å²) < 4.78 is 0. The van der Waals surface area contributed by atoms with Crippen LogP contribution in [0.25, 0.3) is 0 Å². The zero-order chi connectivity index (χ0) is 32.8. The molecule has 0 aliphatic carbocycles. The van der Waals surface area contributed by atoms with E-state index in [2.05, 4.69) is 28.6 Å². The second-order valence-corrected chi connectivity index (χ2v) is 14.3. The van der Waals surface area contributed by atoms with Gasteiger partial charge in [0, 0.05) is 69.0 Å². The Morgan fingerprint density at radius 3 is 1.32 bits per heavy atom. The maximum Gasteiger partial charge on any atom is 0.221 e. The van der Waals surface area contributed by atoms with E-state index in [0.29, 0.717) is 44.8 Å². The standard InChI is InChI=1S/C26H48N4O11S3/c31-12-16-23(38)25(40)21(36)14(43-16)10-19(34)28-4-7-30(6-3-27-18(33)2-1-9-42)8-5-29-20(35)11-15-22(37)26(41)24(39)17(13-32)44-15/h14-17,21-26,31-32,36-42H,1-13H2,(H,27,33)(H,28,34)(H,29,35)/t14-,15-,16+,17+,21+,22+,23+,24+,25-,26-/m1/s1. The summed E-state index contributed by atoms with van der Waals surface area (Å²) in [6.45, 7) is 1.03. The van der Waals surface area contributed by atoms with Gasteiger partial charge in [-0.2, -0.15) is 12.6 Å². The number of nitrogens with one attached hydrogen (secondary N) is 3. The molecular formula is C26H48N4O11S3. The number of aliphatic hydroxyl groups excluding tert-OH is 8. The van der Waals surface area contributed by atoms with Crippen LogP contribution < -0.4 is 16.0 Å². The highest BCUT2D eigenvalue weighted by Gasteiger charge is 2.44. The van der Waals surface area contributed by atoms with E-state index in [9.17, 15) is 55.2 Å². The number of amides is 3. The van der Waals surface area contributed by atoms with E-state index in [4.69, 9.17) is 0 Å². The van der Waals surface area contributed by atoms with Crippen LogP contribution in [0.4, 0.5) is 0 Å². The molecule has 44 heavy (non-hydrogen) atoms. The first-order valence-corrected chi connectivity index (χ1v) is 17.2. The summed E-state index contributed by atoms with van der Waals surface area (Å²) in [6.07, 6.45) is -7.56. The minimum absolute atomic E-state index is 0.116. The Hall–Kier alpha value is -0.900. The number of hydrogen-bond donors (Lipinski definition) is 12. The van der Waals surface area contributed by atoms with E-state index >= 15 is 0 Å². The number of aliphatic hydroxyl groups is 8. The Bertz CT molecular complexity index is 838. The fourth-order valence-electron chi connectivity index (χ4n) is 4.93. The molecule has 2 rings (SSSR count). The van der Waals surface area contributed by atoms with Crippen LogP contribution in [0.1, 0.15) is 25.7 Å². The highest BCUT2D eigenvalue weighted by Crippen LogP contribution is 2.35. The quantitative estimate of drug-likeness (QED) is 0.0605. The maximum atomic E-state index is 12.6. The molecule has 10 atom stereocenters. The first kappa shape index (κ1) is 39.3. The fraction of sp³-hybridized carbons (Fsp3) is 0.885. The molecule has 0 radical (unpaired) electrons. The van der Waals surface area contributed by atoms with Gasteiger partial charge in [0.15, 0.2) is 0 Å². The third kappa shape index (κ3) is 12.4. The van der Waals surface area contributed by atoms with Crippen molar-refractivity contribution < 1.29 is 55.2 Å². The third-order valence-corrected chi connectivity index (χ3v) is 11.0. The molecular weight excluding hydrogens is 641 g/mol. The highest BCUT2D eigenvalue weighted by molar-refractivity contribution is 8.01. The van der Waals surface area contributed by atoms with Crippen molar-refractivity contribution in [1.29, 1.82) is 0 Å². The Morgan fingerprint density at radius 1 is 0.591 bits per heavy atom. The molecule has 3 amide bonds. The van der Waals surface area contributed by atoms with Crippen molar-refractivity contribution in [2.75, 3.05) is 58.2 Å². The van der Waals surface area contributed by atoms with Crippen LogP contribution in [0.2, 0.25) is 0 Å². The molecule has 15 nitrogen and oxygen atoms in total. The molecule has 0 spiro atoms. The molecule has 256 valence electrons. The van der Waals surface area contributed by atoms with Gasteiger partial charge < -0.3 is 56.8 Å². The second-order valence-electron chi connectivity index (χ2n) is 10.9. The van der Waals surface area contributed by atoms with Crippen molar-refractivity contribution in [3.63, 3.8) is 0 Å². The van der Waals surface area contributed by atoms with Gasteiger partial charge in [0.05, 0.1) is 48.1 Å². The van der Waals surface area contributed by atoms with Crippen LogP contribution in [0.3, 0.4) is 0 Å². The van der Waals surface area contributed by atoms with Crippen molar-refractivity contribution in [3.05, 3.63) is 0 Å². The smallest absolute Gasteiger partial charge is 0.221 e. The minimum Gasteiger partial charge on any atom is -0.395 e. The summed E-state index contributed by atoms with van der Waals surface area (Å²) in [5, 5.41) is 84.8. The average Bonchev–Trinajstić information content (AvgIpc) is 3.00. The van der Waals surface area contributed by atoms with E-state index < -0.39 is 82.7 Å². The van der Waals surface area contributed by atoms with E-state index in [1.807, 2.05) is 4.90 Å². The number of thioether (sulfide) groups is 2. The minimum atomic E-state index is -1.48. The van der Waals surface area contributed by atoms with Crippen LogP contribution >= 0.6 is 36.2 Å². The summed E-state index contributed by atoms with van der Waals surface area (Å²) in [5.74, 6) is -0.319. The van der Waals surface area contributed by atoms with Crippen LogP contribution in [0.15, 0.2) is 0 Å². The Morgan fingerprint density at radius 2 is 0.955 bits per heavy atom. The first-order chi connectivity index (χ1) is 20.9. The second kappa shape index (κ2) is 20.4. The van der Waals surface area contributed by atoms with Crippen molar-refractivity contribution in [2.45, 2.75) is 83.3 Å². The highest BCUT2D eigenvalue weighted by atomic mass is 32.2. The molecule has 0 aromatic heterocycles. The molecule has 2 aliphatic rings. The predicted octanol–water partition coefficient (Wildman–Crippen LogP) is -4.75. The lowest BCUT2D eigenvalue weighted by atomic mass is 9.99. The monoisotopic (exact) mass is 688 g/mol. The summed E-state index contributed by atoms with van der Waals surface area (Å²) in [6, 6.07) is 0. The Labute approximate surface area is 271 Å². The van der Waals surface area contributed by atoms with Gasteiger partial charge in [-0.25, -0.2) is 0 Å². The van der Waals surface area contributed by atoms with E-state index in [0.717, 1.165) is 23.5 Å². The lowest BCUT2D eigenvalue weighted by Gasteiger charge is -2.39. The van der Waals surface area contributed by atoms with Crippen molar-refractivity contribution >= 4 is 53.9 Å². The van der Waals surface area contributed by atoms with E-state index in [1.165, 1.54) is 0 Å². The largest absolute Gasteiger partial charge is 0.395 e. The fourth-order valence-corrected chi connectivity index (χ4v) is 7.94. The summed E-state index contributed by atoms with van der Waals surface area (Å²) in [7, 11) is 0. The third-order valence-electron chi connectivity index (χ3n) is 7.57. The molecule has 2 saturated heterocycles. The molecule has 0 bridgehead atoms. The number of nitrogens with zero attached hydrogens (tertiary/aromatic N) is 1. The lowest BCUT2D eigenvalue weighted by molar-refractivity contribution is -0.123. The summed E-state index contributed by atoms with van der Waals surface area (Å²) in [4.78, 5) is 39.1. The van der Waals surface area contributed by atoms with Gasteiger partial charge in [0.1, 0.15) is 12.2 Å². The molecule has 0 aromatic carbocycles. The SMILES string of the molecule is O=C(CCCS)NCCN(CCNC(=O)C[C@H]1S[C@@H](CO)[C@H](O)[C@H](O)[C@H]1O)CCNC(=O)C[C@H]1S[C@@H](CO)[C@H](O)[C@H](O)[C@H]1O.